The molecule has 0 aromatic carbocycles. The van der Waals surface area contributed by atoms with Crippen LogP contribution in [0.4, 0.5) is 5.82 Å². The molecule has 1 aromatic heterocycles. The third kappa shape index (κ3) is 6.37. The molecular formula is C25H35N3O3. The van der Waals surface area contributed by atoms with Crippen LogP contribution >= 0.6 is 0 Å². The van der Waals surface area contributed by atoms with Crippen LogP contribution in [-0.4, -0.2) is 43.3 Å². The maximum atomic E-state index is 12.3. The van der Waals surface area contributed by atoms with Crippen LogP contribution in [0.2, 0.25) is 0 Å². The topological polar surface area (TPSA) is 65.7 Å². The van der Waals surface area contributed by atoms with E-state index >= 15 is 0 Å². The van der Waals surface area contributed by atoms with Gasteiger partial charge in [0, 0.05) is 20.1 Å². The first kappa shape index (κ1) is 24.5. The van der Waals surface area contributed by atoms with Gasteiger partial charge in [0.05, 0.1) is 18.5 Å². The van der Waals surface area contributed by atoms with E-state index in [0.717, 1.165) is 25.0 Å². The molecule has 168 valence electrons. The molecule has 6 nitrogen and oxygen atoms in total. The molecule has 1 aromatic rings. The molecule has 0 bridgehead atoms. The number of rotatable bonds is 6. The number of aromatic nitrogens is 2. The number of hydrogen-bond acceptors (Lipinski definition) is 5. The lowest BCUT2D eigenvalue weighted by Gasteiger charge is -2.27. The normalized spacial score (nSPS) is 17.1. The van der Waals surface area contributed by atoms with E-state index in [2.05, 4.69) is 58.8 Å². The zero-order valence-electron chi connectivity index (χ0n) is 19.3. The van der Waals surface area contributed by atoms with Crippen molar-refractivity contribution in [3.8, 4) is 0 Å². The number of hydrogen-bond donors (Lipinski definition) is 0. The predicted molar refractivity (Wildman–Crippen MR) is 127 cm³/mol. The van der Waals surface area contributed by atoms with Gasteiger partial charge in [0.2, 0.25) is 0 Å². The van der Waals surface area contributed by atoms with Gasteiger partial charge in [0.25, 0.3) is 0 Å². The third-order valence-electron chi connectivity index (χ3n) is 5.42. The maximum Gasteiger partial charge on any atom is 0.343 e. The zero-order valence-corrected chi connectivity index (χ0v) is 19.3. The molecule has 0 atom stereocenters. The maximum absolute atomic E-state index is 12.3. The van der Waals surface area contributed by atoms with Gasteiger partial charge in [-0.1, -0.05) is 49.6 Å². The van der Waals surface area contributed by atoms with Crippen LogP contribution in [0.25, 0.3) is 5.70 Å². The molecule has 0 saturated heterocycles. The minimum atomic E-state index is -0.408. The molecule has 6 heteroatoms. The Hall–Kier alpha value is -2.73. The second-order valence-electron chi connectivity index (χ2n) is 7.61. The number of methoxy groups -OCH3 is 1. The zero-order chi connectivity index (χ0) is 22.6. The first-order chi connectivity index (χ1) is 15.1. The standard InChI is InChI=1S/C23H29N3O2.C2H6O/c1-4-28-23(27)20-16-25-26(22(20)24-3)21(19-14-10-7-11-15-19)17(2)18-12-8-5-6-9-13-18;1-3-2/h5-6,8,12-13,16,19H,3-4,7,9-11,14-15H2,1-2H3;1-2H3/b21-17+;. The van der Waals surface area contributed by atoms with Crippen molar-refractivity contribution < 1.29 is 14.3 Å². The fourth-order valence-electron chi connectivity index (χ4n) is 4.04. The van der Waals surface area contributed by atoms with Crippen molar-refractivity contribution in [3.63, 3.8) is 0 Å². The SMILES string of the molecule is C=Nc1c(C(=O)OCC)cnn1/C(=C(\C)C1=CCC=CC=C1)C1CCCCC1.COC. The van der Waals surface area contributed by atoms with Gasteiger partial charge in [0.1, 0.15) is 5.56 Å². The minimum Gasteiger partial charge on any atom is -0.462 e. The third-order valence-corrected chi connectivity index (χ3v) is 5.42. The summed E-state index contributed by atoms with van der Waals surface area (Å²) in [5.74, 6) is 0.444. The summed E-state index contributed by atoms with van der Waals surface area (Å²) in [6, 6.07) is 0. The highest BCUT2D eigenvalue weighted by Crippen LogP contribution is 2.39. The number of aliphatic imine (C=N–C) groups is 1. The Balaban J connectivity index is 0.00000107. The smallest absolute Gasteiger partial charge is 0.343 e. The van der Waals surface area contributed by atoms with Crippen LogP contribution < -0.4 is 0 Å². The summed E-state index contributed by atoms with van der Waals surface area (Å²) in [6.45, 7) is 7.95. The lowest BCUT2D eigenvalue weighted by atomic mass is 9.84. The molecule has 0 spiro atoms. The monoisotopic (exact) mass is 425 g/mol. The summed E-state index contributed by atoms with van der Waals surface area (Å²) in [5, 5.41) is 4.56. The molecule has 0 radical (unpaired) electrons. The van der Waals surface area contributed by atoms with Gasteiger partial charge in [-0.15, -0.1) is 0 Å². The average molecular weight is 426 g/mol. The van der Waals surface area contributed by atoms with Gasteiger partial charge < -0.3 is 9.47 Å². The summed E-state index contributed by atoms with van der Waals surface area (Å²) >= 11 is 0. The van der Waals surface area contributed by atoms with Crippen molar-refractivity contribution >= 4 is 24.2 Å². The van der Waals surface area contributed by atoms with Gasteiger partial charge in [-0.25, -0.2) is 14.5 Å². The molecule has 1 heterocycles. The Labute approximate surface area is 186 Å². The molecule has 0 amide bonds. The highest BCUT2D eigenvalue weighted by molar-refractivity contribution is 5.94. The molecule has 0 aliphatic heterocycles. The number of nitrogens with zero attached hydrogens (tertiary/aromatic N) is 3. The van der Waals surface area contributed by atoms with Gasteiger partial charge in [-0.3, -0.25) is 0 Å². The average Bonchev–Trinajstić information content (AvgIpc) is 3.00. The molecule has 0 unspecified atom stereocenters. The highest BCUT2D eigenvalue weighted by atomic mass is 16.5. The lowest BCUT2D eigenvalue weighted by molar-refractivity contribution is 0.0527. The molecule has 31 heavy (non-hydrogen) atoms. The van der Waals surface area contributed by atoms with Gasteiger partial charge in [-0.05, 0) is 51.0 Å². The largest absolute Gasteiger partial charge is 0.462 e. The van der Waals surface area contributed by atoms with Crippen LogP contribution in [0.5, 0.6) is 0 Å². The van der Waals surface area contributed by atoms with Crippen LogP contribution in [0, 0.1) is 5.92 Å². The van der Waals surface area contributed by atoms with E-state index in [0.29, 0.717) is 23.9 Å². The molecule has 0 N–H and O–H groups in total. The minimum absolute atomic E-state index is 0.315. The first-order valence-electron chi connectivity index (χ1n) is 11.0. The van der Waals surface area contributed by atoms with E-state index in [4.69, 9.17) is 4.74 Å². The Morgan fingerprint density at radius 1 is 1.26 bits per heavy atom. The van der Waals surface area contributed by atoms with E-state index < -0.39 is 5.97 Å². The van der Waals surface area contributed by atoms with Crippen molar-refractivity contribution in [2.75, 3.05) is 20.8 Å². The fourth-order valence-corrected chi connectivity index (χ4v) is 4.04. The van der Waals surface area contributed by atoms with Crippen LogP contribution in [0.1, 0.15) is 62.7 Å². The fraction of sp³-hybridized carbons (Fsp3) is 0.480. The number of ether oxygens (including phenoxy) is 2. The Bertz CT molecular complexity index is 869. The quantitative estimate of drug-likeness (QED) is 0.420. The summed E-state index contributed by atoms with van der Waals surface area (Å²) in [7, 11) is 3.25. The Kier molecular flexibility index (Phi) is 10.2. The predicted octanol–water partition coefficient (Wildman–Crippen LogP) is 5.91. The van der Waals surface area contributed by atoms with Crippen molar-refractivity contribution in [2.45, 2.75) is 52.4 Å². The van der Waals surface area contributed by atoms with E-state index in [1.54, 1.807) is 27.3 Å². The van der Waals surface area contributed by atoms with E-state index in [-0.39, 0.29) is 0 Å². The Morgan fingerprint density at radius 3 is 2.61 bits per heavy atom. The molecule has 1 saturated carbocycles. The first-order valence-corrected chi connectivity index (χ1v) is 11.0. The number of carbonyl (C=O) groups excluding carboxylic acids is 1. The van der Waals surface area contributed by atoms with Crippen LogP contribution in [0.3, 0.4) is 0 Å². The van der Waals surface area contributed by atoms with Gasteiger partial charge in [-0.2, -0.15) is 5.10 Å². The van der Waals surface area contributed by atoms with Crippen molar-refractivity contribution in [3.05, 3.63) is 53.3 Å². The van der Waals surface area contributed by atoms with Gasteiger partial charge in [0.15, 0.2) is 5.82 Å². The molecule has 1 fully saturated rings. The summed E-state index contributed by atoms with van der Waals surface area (Å²) in [5.41, 5.74) is 3.85. The van der Waals surface area contributed by atoms with Crippen molar-refractivity contribution in [1.82, 2.24) is 9.78 Å². The summed E-state index contributed by atoms with van der Waals surface area (Å²) in [6.07, 6.45) is 19.0. The van der Waals surface area contributed by atoms with Crippen molar-refractivity contribution in [2.24, 2.45) is 10.9 Å². The highest BCUT2D eigenvalue weighted by Gasteiger charge is 2.27. The van der Waals surface area contributed by atoms with Crippen molar-refractivity contribution in [1.29, 1.82) is 0 Å². The molecule has 3 rings (SSSR count). The second kappa shape index (κ2) is 12.8. The molecular weight excluding hydrogens is 390 g/mol. The summed E-state index contributed by atoms with van der Waals surface area (Å²) in [4.78, 5) is 16.5. The van der Waals surface area contributed by atoms with E-state index in [9.17, 15) is 4.79 Å². The van der Waals surface area contributed by atoms with Gasteiger partial charge >= 0.3 is 5.97 Å². The second-order valence-corrected chi connectivity index (χ2v) is 7.61. The van der Waals surface area contributed by atoms with Crippen LogP contribution in [0.15, 0.2) is 52.7 Å². The number of allylic oxidation sites excluding steroid dienone is 8. The van der Waals surface area contributed by atoms with Crippen LogP contribution in [-0.2, 0) is 9.47 Å². The lowest BCUT2D eigenvalue weighted by Crippen LogP contribution is -2.16. The van der Waals surface area contributed by atoms with E-state index in [1.807, 2.05) is 4.68 Å². The summed E-state index contributed by atoms with van der Waals surface area (Å²) < 4.78 is 11.2. The Morgan fingerprint density at radius 2 is 1.97 bits per heavy atom. The number of esters is 1. The molecule has 2 aliphatic carbocycles. The molecule has 2 aliphatic rings. The number of carbonyl (C=O) groups is 1. The van der Waals surface area contributed by atoms with E-state index in [1.165, 1.54) is 30.4 Å².